The van der Waals surface area contributed by atoms with Crippen molar-refractivity contribution in [2.75, 3.05) is 0 Å². The molecule has 0 fully saturated rings. The maximum absolute atomic E-state index is 12.7. The molecule has 2 aromatic rings. The largest absolute Gasteiger partial charge is 0.457 e. The monoisotopic (exact) mass is 231 g/mol. The Hall–Kier alpha value is -2.36. The lowest BCUT2D eigenvalue weighted by Crippen LogP contribution is -1.90. The predicted molar refractivity (Wildman–Crippen MR) is 62.3 cm³/mol. The smallest absolute Gasteiger partial charge is 0.136 e. The number of ether oxygens (including phenoxy) is 1. The molecular formula is C13H10FNO2. The summed E-state index contributed by atoms with van der Waals surface area (Å²) in [6.07, 6.45) is 1.28. The Morgan fingerprint density at radius 1 is 1.06 bits per heavy atom. The average Bonchev–Trinajstić information content (AvgIpc) is 2.35. The van der Waals surface area contributed by atoms with E-state index in [-0.39, 0.29) is 5.82 Å². The normalized spacial score (nSPS) is 10.6. The van der Waals surface area contributed by atoms with Crippen LogP contribution in [-0.4, -0.2) is 11.4 Å². The highest BCUT2D eigenvalue weighted by molar-refractivity contribution is 5.83. The van der Waals surface area contributed by atoms with Gasteiger partial charge in [-0.25, -0.2) is 4.39 Å². The van der Waals surface area contributed by atoms with Gasteiger partial charge in [-0.2, -0.15) is 0 Å². The van der Waals surface area contributed by atoms with Gasteiger partial charge in [-0.1, -0.05) is 17.3 Å². The summed E-state index contributed by atoms with van der Waals surface area (Å²) in [5.41, 5.74) is 0.638. The lowest BCUT2D eigenvalue weighted by atomic mass is 10.2. The van der Waals surface area contributed by atoms with E-state index < -0.39 is 0 Å². The Labute approximate surface area is 97.8 Å². The van der Waals surface area contributed by atoms with Crippen LogP contribution in [0, 0.1) is 5.82 Å². The van der Waals surface area contributed by atoms with Gasteiger partial charge in [-0.15, -0.1) is 0 Å². The first-order chi connectivity index (χ1) is 8.29. The molecule has 0 unspecified atom stereocenters. The van der Waals surface area contributed by atoms with Gasteiger partial charge < -0.3 is 9.94 Å². The van der Waals surface area contributed by atoms with Crippen molar-refractivity contribution in [2.24, 2.45) is 5.16 Å². The molecule has 0 saturated heterocycles. The molecule has 0 radical (unpaired) electrons. The van der Waals surface area contributed by atoms with Crippen LogP contribution in [0.15, 0.2) is 53.7 Å². The summed E-state index contributed by atoms with van der Waals surface area (Å²) in [7, 11) is 0. The summed E-state index contributed by atoms with van der Waals surface area (Å²) in [5, 5.41) is 11.5. The van der Waals surface area contributed by atoms with E-state index in [1.54, 1.807) is 24.3 Å². The van der Waals surface area contributed by atoms with E-state index in [4.69, 9.17) is 9.94 Å². The third-order valence-electron chi connectivity index (χ3n) is 2.16. The standard InChI is InChI=1S/C13H10FNO2/c14-11-5-7-12(8-6-11)17-13-4-2-1-3-10(13)9-15-16/h1-9,16H. The van der Waals surface area contributed by atoms with Crippen LogP contribution in [0.25, 0.3) is 0 Å². The molecule has 86 valence electrons. The van der Waals surface area contributed by atoms with Crippen LogP contribution in [0.4, 0.5) is 4.39 Å². The molecule has 2 rings (SSSR count). The average molecular weight is 231 g/mol. The van der Waals surface area contributed by atoms with Crippen LogP contribution in [-0.2, 0) is 0 Å². The molecule has 0 saturated carbocycles. The molecule has 0 aromatic heterocycles. The zero-order valence-corrected chi connectivity index (χ0v) is 8.88. The zero-order chi connectivity index (χ0) is 12.1. The minimum Gasteiger partial charge on any atom is -0.457 e. The van der Waals surface area contributed by atoms with E-state index in [0.717, 1.165) is 0 Å². The second-order valence-corrected chi connectivity index (χ2v) is 3.34. The third-order valence-corrected chi connectivity index (χ3v) is 2.16. The number of benzene rings is 2. The number of halogens is 1. The topological polar surface area (TPSA) is 41.8 Å². The molecule has 0 bridgehead atoms. The molecule has 4 heteroatoms. The maximum atomic E-state index is 12.7. The van der Waals surface area contributed by atoms with Gasteiger partial charge in [0.2, 0.25) is 0 Å². The van der Waals surface area contributed by atoms with Crippen molar-refractivity contribution < 1.29 is 14.3 Å². The predicted octanol–water partition coefficient (Wildman–Crippen LogP) is 3.43. The van der Waals surface area contributed by atoms with Gasteiger partial charge >= 0.3 is 0 Å². The van der Waals surface area contributed by atoms with Crippen molar-refractivity contribution in [3.8, 4) is 11.5 Å². The molecule has 0 atom stereocenters. The maximum Gasteiger partial charge on any atom is 0.136 e. The van der Waals surface area contributed by atoms with Crippen molar-refractivity contribution in [1.29, 1.82) is 0 Å². The van der Waals surface area contributed by atoms with Crippen molar-refractivity contribution in [3.63, 3.8) is 0 Å². The van der Waals surface area contributed by atoms with Gasteiger partial charge in [0.05, 0.1) is 6.21 Å². The van der Waals surface area contributed by atoms with E-state index in [0.29, 0.717) is 17.1 Å². The Bertz CT molecular complexity index is 523. The minimum absolute atomic E-state index is 0.317. The Morgan fingerprint density at radius 2 is 1.76 bits per heavy atom. The number of para-hydroxylation sites is 1. The summed E-state index contributed by atoms with van der Waals surface area (Å²) in [6.45, 7) is 0. The first kappa shape index (κ1) is 11.1. The molecule has 17 heavy (non-hydrogen) atoms. The van der Waals surface area contributed by atoms with Crippen molar-refractivity contribution in [2.45, 2.75) is 0 Å². The first-order valence-corrected chi connectivity index (χ1v) is 4.99. The summed E-state index contributed by atoms with van der Waals surface area (Å²) in [4.78, 5) is 0. The Morgan fingerprint density at radius 3 is 2.47 bits per heavy atom. The SMILES string of the molecule is ON=Cc1ccccc1Oc1ccc(F)cc1. The van der Waals surface area contributed by atoms with Crippen molar-refractivity contribution in [3.05, 3.63) is 59.9 Å². The van der Waals surface area contributed by atoms with Crippen LogP contribution >= 0.6 is 0 Å². The van der Waals surface area contributed by atoms with E-state index in [9.17, 15) is 4.39 Å². The fraction of sp³-hybridized carbons (Fsp3) is 0. The van der Waals surface area contributed by atoms with E-state index >= 15 is 0 Å². The van der Waals surface area contributed by atoms with Crippen LogP contribution in [0.1, 0.15) is 5.56 Å². The second kappa shape index (κ2) is 5.12. The van der Waals surface area contributed by atoms with Gasteiger partial charge in [0.15, 0.2) is 0 Å². The number of oxime groups is 1. The molecule has 0 aliphatic rings. The number of rotatable bonds is 3. The number of hydrogen-bond donors (Lipinski definition) is 1. The van der Waals surface area contributed by atoms with Crippen LogP contribution < -0.4 is 4.74 Å². The summed E-state index contributed by atoms with van der Waals surface area (Å²) in [5.74, 6) is 0.740. The molecule has 3 nitrogen and oxygen atoms in total. The molecule has 0 amide bonds. The highest BCUT2D eigenvalue weighted by Gasteiger charge is 2.02. The summed E-state index contributed by atoms with van der Waals surface area (Å²) in [6, 6.07) is 12.8. The minimum atomic E-state index is -0.317. The fourth-order valence-electron chi connectivity index (χ4n) is 1.37. The second-order valence-electron chi connectivity index (χ2n) is 3.34. The zero-order valence-electron chi connectivity index (χ0n) is 8.88. The van der Waals surface area contributed by atoms with Crippen molar-refractivity contribution in [1.82, 2.24) is 0 Å². The molecule has 1 N–H and O–H groups in total. The molecule has 0 aliphatic carbocycles. The fourth-order valence-corrected chi connectivity index (χ4v) is 1.37. The Balaban J connectivity index is 2.26. The lowest BCUT2D eigenvalue weighted by molar-refractivity contribution is 0.321. The molecule has 0 spiro atoms. The first-order valence-electron chi connectivity index (χ1n) is 4.99. The number of hydrogen-bond acceptors (Lipinski definition) is 3. The highest BCUT2D eigenvalue weighted by atomic mass is 19.1. The van der Waals surface area contributed by atoms with Gasteiger partial charge in [-0.3, -0.25) is 0 Å². The van der Waals surface area contributed by atoms with Crippen LogP contribution in [0.5, 0.6) is 11.5 Å². The van der Waals surface area contributed by atoms with Gasteiger partial charge in [0, 0.05) is 5.56 Å². The molecule has 0 heterocycles. The lowest BCUT2D eigenvalue weighted by Gasteiger charge is -2.07. The van der Waals surface area contributed by atoms with Crippen molar-refractivity contribution >= 4 is 6.21 Å². The molecular weight excluding hydrogens is 221 g/mol. The highest BCUT2D eigenvalue weighted by Crippen LogP contribution is 2.24. The van der Waals surface area contributed by atoms with E-state index in [2.05, 4.69) is 5.16 Å². The summed E-state index contributed by atoms with van der Waals surface area (Å²) >= 11 is 0. The van der Waals surface area contributed by atoms with Crippen LogP contribution in [0.3, 0.4) is 0 Å². The Kier molecular flexibility index (Phi) is 3.35. The third kappa shape index (κ3) is 2.81. The van der Waals surface area contributed by atoms with Gasteiger partial charge in [0.25, 0.3) is 0 Å². The quantitative estimate of drug-likeness (QED) is 0.499. The van der Waals surface area contributed by atoms with Gasteiger partial charge in [-0.05, 0) is 36.4 Å². The summed E-state index contributed by atoms with van der Waals surface area (Å²) < 4.78 is 18.3. The number of nitrogens with zero attached hydrogens (tertiary/aromatic N) is 1. The molecule has 0 aliphatic heterocycles. The molecule has 2 aromatic carbocycles. The van der Waals surface area contributed by atoms with Crippen LogP contribution in [0.2, 0.25) is 0 Å². The van der Waals surface area contributed by atoms with E-state index in [1.165, 1.54) is 30.5 Å². The van der Waals surface area contributed by atoms with Gasteiger partial charge in [0.1, 0.15) is 17.3 Å². The van der Waals surface area contributed by atoms with E-state index in [1.807, 2.05) is 0 Å².